The van der Waals surface area contributed by atoms with E-state index in [-0.39, 0.29) is 11.3 Å². The van der Waals surface area contributed by atoms with Gasteiger partial charge < -0.3 is 4.90 Å². The van der Waals surface area contributed by atoms with Crippen molar-refractivity contribution in [2.24, 2.45) is 0 Å². The lowest BCUT2D eigenvalue weighted by molar-refractivity contribution is -0.117. The summed E-state index contributed by atoms with van der Waals surface area (Å²) in [5.41, 5.74) is 1.83. The van der Waals surface area contributed by atoms with E-state index in [2.05, 4.69) is 21.0 Å². The molecule has 1 aromatic heterocycles. The normalized spacial score (nSPS) is 19.2. The number of aromatic nitrogens is 2. The molecule has 1 aliphatic heterocycles. The van der Waals surface area contributed by atoms with E-state index in [1.807, 2.05) is 30.5 Å². The number of hydrogen-bond acceptors (Lipinski definition) is 2. The maximum absolute atomic E-state index is 11.8. The fourth-order valence-electron chi connectivity index (χ4n) is 2.14. The fraction of sp³-hybridized carbons (Fsp3) is 0.231. The molecule has 2 aromatic rings. The highest BCUT2D eigenvalue weighted by atomic mass is 79.9. The maximum atomic E-state index is 11.8. The molecule has 0 radical (unpaired) electrons. The minimum absolute atomic E-state index is 0.0783. The summed E-state index contributed by atoms with van der Waals surface area (Å²) in [7, 11) is 0. The van der Waals surface area contributed by atoms with Crippen molar-refractivity contribution in [1.29, 1.82) is 0 Å². The molecule has 3 rings (SSSR count). The summed E-state index contributed by atoms with van der Waals surface area (Å²) in [6, 6.07) is 7.70. The van der Waals surface area contributed by atoms with Crippen molar-refractivity contribution in [1.82, 2.24) is 9.78 Å². The van der Waals surface area contributed by atoms with Gasteiger partial charge in [-0.05, 0) is 40.2 Å². The topological polar surface area (TPSA) is 38.1 Å². The van der Waals surface area contributed by atoms with Crippen molar-refractivity contribution >= 4 is 39.1 Å². The predicted octanol–water partition coefficient (Wildman–Crippen LogP) is 2.98. The molecule has 1 unspecified atom stereocenters. The second-order valence-electron chi connectivity index (χ2n) is 4.43. The van der Waals surface area contributed by atoms with Crippen LogP contribution in [-0.4, -0.2) is 27.6 Å². The second kappa shape index (κ2) is 4.98. The van der Waals surface area contributed by atoms with Crippen molar-refractivity contribution in [3.63, 3.8) is 0 Å². The first-order valence-corrected chi connectivity index (χ1v) is 7.11. The molecule has 0 N–H and O–H groups in total. The van der Waals surface area contributed by atoms with Gasteiger partial charge in [-0.3, -0.25) is 4.79 Å². The van der Waals surface area contributed by atoms with Gasteiger partial charge in [0.15, 0.2) is 0 Å². The van der Waals surface area contributed by atoms with Crippen molar-refractivity contribution in [2.75, 3.05) is 11.4 Å². The number of benzene rings is 1. The van der Waals surface area contributed by atoms with E-state index in [0.717, 1.165) is 15.8 Å². The lowest BCUT2D eigenvalue weighted by atomic mass is 10.2. The Morgan fingerprint density at radius 3 is 2.47 bits per heavy atom. The average Bonchev–Trinajstić information content (AvgIpc) is 2.96. The van der Waals surface area contributed by atoms with Gasteiger partial charge in [0.05, 0.1) is 21.7 Å². The highest BCUT2D eigenvalue weighted by molar-refractivity contribution is 9.10. The molecule has 1 atom stereocenters. The van der Waals surface area contributed by atoms with Gasteiger partial charge in [0, 0.05) is 24.8 Å². The zero-order valence-corrected chi connectivity index (χ0v) is 12.3. The van der Waals surface area contributed by atoms with Crippen LogP contribution in [0.4, 0.5) is 5.69 Å². The van der Waals surface area contributed by atoms with Gasteiger partial charge in [-0.1, -0.05) is 0 Å². The van der Waals surface area contributed by atoms with Gasteiger partial charge in [-0.2, -0.15) is 5.10 Å². The second-order valence-corrected chi connectivity index (χ2v) is 5.96. The highest BCUT2D eigenvalue weighted by Gasteiger charge is 2.28. The molecule has 19 heavy (non-hydrogen) atoms. The SMILES string of the molecule is O=C1CC(Cl)CN1c1ccc(-n2cc(Br)cn2)cc1. The summed E-state index contributed by atoms with van der Waals surface area (Å²) in [6.07, 6.45) is 4.02. The number of carbonyl (C=O) groups is 1. The number of hydrogen-bond donors (Lipinski definition) is 0. The largest absolute Gasteiger partial charge is 0.311 e. The number of alkyl halides is 1. The minimum atomic E-state index is -0.0887. The Morgan fingerprint density at radius 2 is 1.95 bits per heavy atom. The van der Waals surface area contributed by atoms with Crippen LogP contribution in [0.3, 0.4) is 0 Å². The average molecular weight is 341 g/mol. The van der Waals surface area contributed by atoms with Crippen LogP contribution in [-0.2, 0) is 4.79 Å². The van der Waals surface area contributed by atoms with E-state index < -0.39 is 0 Å². The summed E-state index contributed by atoms with van der Waals surface area (Å²) in [5.74, 6) is 0.0783. The van der Waals surface area contributed by atoms with Gasteiger partial charge in [-0.25, -0.2) is 4.68 Å². The van der Waals surface area contributed by atoms with Crippen LogP contribution >= 0.6 is 27.5 Å². The first kappa shape index (κ1) is 12.7. The third kappa shape index (κ3) is 2.53. The molecule has 4 nitrogen and oxygen atoms in total. The van der Waals surface area contributed by atoms with Crippen LogP contribution in [0.2, 0.25) is 0 Å². The maximum Gasteiger partial charge on any atom is 0.228 e. The monoisotopic (exact) mass is 339 g/mol. The number of amides is 1. The van der Waals surface area contributed by atoms with Gasteiger partial charge in [0.1, 0.15) is 0 Å². The summed E-state index contributed by atoms with van der Waals surface area (Å²) in [4.78, 5) is 13.5. The Morgan fingerprint density at radius 1 is 1.26 bits per heavy atom. The van der Waals surface area contributed by atoms with Gasteiger partial charge in [0.25, 0.3) is 0 Å². The summed E-state index contributed by atoms with van der Waals surface area (Å²) < 4.78 is 2.69. The highest BCUT2D eigenvalue weighted by Crippen LogP contribution is 2.25. The Balaban J connectivity index is 1.85. The van der Waals surface area contributed by atoms with E-state index in [0.29, 0.717) is 13.0 Å². The number of rotatable bonds is 2. The predicted molar refractivity (Wildman–Crippen MR) is 77.9 cm³/mol. The Hall–Kier alpha value is -1.33. The number of halogens is 2. The van der Waals surface area contributed by atoms with Crippen molar-refractivity contribution in [2.45, 2.75) is 11.8 Å². The van der Waals surface area contributed by atoms with Crippen molar-refractivity contribution < 1.29 is 4.79 Å². The van der Waals surface area contributed by atoms with E-state index in [4.69, 9.17) is 11.6 Å². The molecule has 0 spiro atoms. The third-order valence-electron chi connectivity index (χ3n) is 3.05. The fourth-order valence-corrected chi connectivity index (χ4v) is 2.70. The summed E-state index contributed by atoms with van der Waals surface area (Å²) >= 11 is 9.36. The van der Waals surface area contributed by atoms with E-state index >= 15 is 0 Å². The number of carbonyl (C=O) groups excluding carboxylic acids is 1. The zero-order chi connectivity index (χ0) is 13.4. The standard InChI is InChI=1S/C13H11BrClN3O/c14-9-6-16-18(7-9)12-3-1-11(2-4-12)17-8-10(15)5-13(17)19/h1-4,6-7,10H,5,8H2. The van der Waals surface area contributed by atoms with Crippen LogP contribution in [0.1, 0.15) is 6.42 Å². The van der Waals surface area contributed by atoms with Crippen LogP contribution in [0.25, 0.3) is 5.69 Å². The Bertz CT molecular complexity index is 611. The summed E-state index contributed by atoms with van der Waals surface area (Å²) in [5, 5.41) is 4.12. The first-order valence-electron chi connectivity index (χ1n) is 5.88. The lowest BCUT2D eigenvalue weighted by Crippen LogP contribution is -2.24. The van der Waals surface area contributed by atoms with Crippen molar-refractivity contribution in [3.05, 3.63) is 41.1 Å². The number of nitrogens with zero attached hydrogens (tertiary/aromatic N) is 3. The molecular weight excluding hydrogens is 330 g/mol. The third-order valence-corrected chi connectivity index (χ3v) is 3.76. The van der Waals surface area contributed by atoms with Gasteiger partial charge in [-0.15, -0.1) is 11.6 Å². The molecule has 1 aromatic carbocycles. The Labute approximate surface area is 124 Å². The van der Waals surface area contributed by atoms with Gasteiger partial charge >= 0.3 is 0 Å². The quantitative estimate of drug-likeness (QED) is 0.788. The smallest absolute Gasteiger partial charge is 0.228 e. The molecule has 0 aliphatic carbocycles. The van der Waals surface area contributed by atoms with Crippen LogP contribution < -0.4 is 4.90 Å². The molecule has 98 valence electrons. The summed E-state index contributed by atoms with van der Waals surface area (Å²) in [6.45, 7) is 0.576. The van der Waals surface area contributed by atoms with Gasteiger partial charge in [0.2, 0.25) is 5.91 Å². The molecular formula is C13H11BrClN3O. The minimum Gasteiger partial charge on any atom is -0.311 e. The molecule has 1 aliphatic rings. The Kier molecular flexibility index (Phi) is 3.33. The van der Waals surface area contributed by atoms with Crippen LogP contribution in [0.5, 0.6) is 0 Å². The van der Waals surface area contributed by atoms with Crippen LogP contribution in [0, 0.1) is 0 Å². The molecule has 1 fully saturated rings. The van der Waals surface area contributed by atoms with E-state index in [1.54, 1.807) is 15.8 Å². The molecule has 6 heteroatoms. The molecule has 0 bridgehead atoms. The molecule has 1 amide bonds. The lowest BCUT2D eigenvalue weighted by Gasteiger charge is -2.16. The first-order chi connectivity index (χ1) is 9.13. The molecule has 1 saturated heterocycles. The molecule has 2 heterocycles. The zero-order valence-electron chi connectivity index (χ0n) is 9.96. The number of anilines is 1. The van der Waals surface area contributed by atoms with E-state index in [1.165, 1.54) is 0 Å². The van der Waals surface area contributed by atoms with Crippen LogP contribution in [0.15, 0.2) is 41.1 Å². The van der Waals surface area contributed by atoms with Crippen molar-refractivity contribution in [3.8, 4) is 5.69 Å². The van der Waals surface area contributed by atoms with E-state index in [9.17, 15) is 4.79 Å². The molecule has 0 saturated carbocycles.